The number of hydrogen-bond donors (Lipinski definition) is 5. The number of fused-ring (bicyclic) bond motifs is 1. The van der Waals surface area contributed by atoms with Crippen molar-refractivity contribution >= 4 is 17.5 Å². The molecule has 1 amide bonds. The lowest BCUT2D eigenvalue weighted by atomic mass is 10.0. The number of rotatable bonds is 10. The van der Waals surface area contributed by atoms with E-state index in [-0.39, 0.29) is 18.0 Å². The molecular formula is C27H33ClN4O2. The third-order valence-corrected chi connectivity index (χ3v) is 6.85. The number of amides is 1. The first-order chi connectivity index (χ1) is 16.5. The SMILES string of the molecule is CCC(CCNC1=CCNC=C1)NC(O)c1ccc2c(c1)[C@H](NC(=O)c1ccccc1Cl)CC2. The lowest BCUT2D eigenvalue weighted by Crippen LogP contribution is -2.35. The molecule has 0 aromatic heterocycles. The van der Waals surface area contributed by atoms with Crippen LogP contribution in [0.1, 0.15) is 65.5 Å². The zero-order valence-electron chi connectivity index (χ0n) is 19.5. The van der Waals surface area contributed by atoms with E-state index in [0.717, 1.165) is 55.6 Å². The number of dihydropyridines is 1. The summed E-state index contributed by atoms with van der Waals surface area (Å²) in [6.07, 6.45) is 8.86. The van der Waals surface area contributed by atoms with Gasteiger partial charge in [-0.3, -0.25) is 10.1 Å². The Hall–Kier alpha value is -2.80. The van der Waals surface area contributed by atoms with Crippen molar-refractivity contribution in [2.45, 2.75) is 50.9 Å². The van der Waals surface area contributed by atoms with E-state index in [0.29, 0.717) is 10.6 Å². The molecule has 1 aliphatic carbocycles. The van der Waals surface area contributed by atoms with E-state index in [1.54, 1.807) is 12.1 Å². The number of aryl methyl sites for hydroxylation is 1. The lowest BCUT2D eigenvalue weighted by molar-refractivity contribution is 0.0937. The molecule has 2 aromatic carbocycles. The number of aliphatic hydroxyl groups excluding tert-OH is 1. The second kappa shape index (κ2) is 11.6. The summed E-state index contributed by atoms with van der Waals surface area (Å²) in [5.41, 5.74) is 4.69. The highest BCUT2D eigenvalue weighted by Crippen LogP contribution is 2.33. The number of hydrogen-bond acceptors (Lipinski definition) is 5. The Balaban J connectivity index is 1.36. The van der Waals surface area contributed by atoms with Gasteiger partial charge in [0.05, 0.1) is 16.6 Å². The Kier molecular flexibility index (Phi) is 8.27. The summed E-state index contributed by atoms with van der Waals surface area (Å²) in [6, 6.07) is 13.2. The van der Waals surface area contributed by atoms with Gasteiger partial charge in [0.2, 0.25) is 0 Å². The molecule has 0 saturated heterocycles. The van der Waals surface area contributed by atoms with Gasteiger partial charge in [-0.15, -0.1) is 0 Å². The van der Waals surface area contributed by atoms with Gasteiger partial charge in [-0.2, -0.15) is 0 Å². The average molecular weight is 481 g/mol. The smallest absolute Gasteiger partial charge is 0.253 e. The van der Waals surface area contributed by atoms with E-state index in [9.17, 15) is 9.90 Å². The minimum atomic E-state index is -0.770. The number of nitrogens with one attached hydrogen (secondary N) is 4. The second-order valence-electron chi connectivity index (χ2n) is 8.79. The van der Waals surface area contributed by atoms with Crippen LogP contribution in [-0.4, -0.2) is 30.1 Å². The lowest BCUT2D eigenvalue weighted by Gasteiger charge is -2.23. The summed E-state index contributed by atoms with van der Waals surface area (Å²) in [4.78, 5) is 12.8. The van der Waals surface area contributed by atoms with E-state index >= 15 is 0 Å². The number of aliphatic hydroxyl groups is 1. The predicted octanol–water partition coefficient (Wildman–Crippen LogP) is 4.10. The molecule has 0 fully saturated rings. The Bertz CT molecular complexity index is 1070. The molecule has 2 unspecified atom stereocenters. The van der Waals surface area contributed by atoms with Gasteiger partial charge in [0, 0.05) is 24.8 Å². The van der Waals surface area contributed by atoms with Crippen LogP contribution in [0, 0.1) is 0 Å². The third-order valence-electron chi connectivity index (χ3n) is 6.52. The highest BCUT2D eigenvalue weighted by Gasteiger charge is 2.26. The number of halogens is 1. The molecule has 180 valence electrons. The summed E-state index contributed by atoms with van der Waals surface area (Å²) < 4.78 is 0. The maximum Gasteiger partial charge on any atom is 0.253 e. The Morgan fingerprint density at radius 3 is 2.88 bits per heavy atom. The van der Waals surface area contributed by atoms with Crippen molar-refractivity contribution in [2.75, 3.05) is 13.1 Å². The van der Waals surface area contributed by atoms with Crippen LogP contribution in [0.4, 0.5) is 0 Å². The molecule has 6 nitrogen and oxygen atoms in total. The van der Waals surface area contributed by atoms with Crippen molar-refractivity contribution in [2.24, 2.45) is 0 Å². The fourth-order valence-corrected chi connectivity index (χ4v) is 4.74. The molecule has 0 spiro atoms. The van der Waals surface area contributed by atoms with Crippen LogP contribution in [0.5, 0.6) is 0 Å². The summed E-state index contributed by atoms with van der Waals surface area (Å²) in [7, 11) is 0. The topological polar surface area (TPSA) is 85.4 Å². The summed E-state index contributed by atoms with van der Waals surface area (Å²) >= 11 is 6.20. The van der Waals surface area contributed by atoms with Gasteiger partial charge in [-0.25, -0.2) is 0 Å². The van der Waals surface area contributed by atoms with Gasteiger partial charge < -0.3 is 21.1 Å². The van der Waals surface area contributed by atoms with Crippen molar-refractivity contribution in [1.29, 1.82) is 0 Å². The van der Waals surface area contributed by atoms with Crippen molar-refractivity contribution in [3.8, 4) is 0 Å². The van der Waals surface area contributed by atoms with Crippen LogP contribution < -0.4 is 21.3 Å². The molecule has 1 aliphatic heterocycles. The average Bonchev–Trinajstić information content (AvgIpc) is 3.26. The number of allylic oxidation sites excluding steroid dienone is 1. The summed E-state index contributed by atoms with van der Waals surface area (Å²) in [5, 5.41) is 24.4. The molecule has 3 atom stereocenters. The summed E-state index contributed by atoms with van der Waals surface area (Å²) in [5.74, 6) is -0.176. The van der Waals surface area contributed by atoms with Gasteiger partial charge in [-0.1, -0.05) is 42.8 Å². The van der Waals surface area contributed by atoms with Gasteiger partial charge >= 0.3 is 0 Å². The quantitative estimate of drug-likeness (QED) is 0.331. The van der Waals surface area contributed by atoms with Crippen LogP contribution in [-0.2, 0) is 6.42 Å². The molecule has 34 heavy (non-hydrogen) atoms. The molecule has 2 aromatic rings. The number of carbonyl (C=O) groups excluding carboxylic acids is 1. The maximum atomic E-state index is 12.8. The molecule has 4 rings (SSSR count). The Morgan fingerprint density at radius 2 is 2.12 bits per heavy atom. The van der Waals surface area contributed by atoms with Crippen LogP contribution >= 0.6 is 11.6 Å². The van der Waals surface area contributed by atoms with E-state index in [4.69, 9.17) is 11.6 Å². The largest absolute Gasteiger partial charge is 0.387 e. The van der Waals surface area contributed by atoms with E-state index in [1.807, 2.05) is 36.5 Å². The standard InChI is InChI=1S/C27H33ClN4O2/c1-2-20(13-16-30-21-11-14-29-15-12-21)31-26(33)19-8-7-18-9-10-25(23(18)17-19)32-27(34)22-5-3-4-6-24(22)28/h3-8,11-12,14,17,20,25-26,29-31,33H,2,9-10,13,15-16H2,1H3,(H,32,34)/t20?,25-,26?/m1/s1. The maximum absolute atomic E-state index is 12.8. The third kappa shape index (κ3) is 6.00. The normalized spacial score (nSPS) is 18.4. The predicted molar refractivity (Wildman–Crippen MR) is 136 cm³/mol. The first kappa shape index (κ1) is 24.3. The highest BCUT2D eigenvalue weighted by atomic mass is 35.5. The van der Waals surface area contributed by atoms with Crippen molar-refractivity contribution in [3.63, 3.8) is 0 Å². The Labute approximate surface area is 206 Å². The van der Waals surface area contributed by atoms with Crippen LogP contribution in [0.2, 0.25) is 5.02 Å². The minimum Gasteiger partial charge on any atom is -0.387 e. The molecule has 2 aliphatic rings. The molecule has 1 heterocycles. The number of carbonyl (C=O) groups is 1. The van der Waals surface area contributed by atoms with E-state index in [2.05, 4.69) is 40.3 Å². The van der Waals surface area contributed by atoms with Crippen LogP contribution in [0.15, 0.2) is 66.5 Å². The first-order valence-corrected chi connectivity index (χ1v) is 12.4. The van der Waals surface area contributed by atoms with Gasteiger partial charge in [0.1, 0.15) is 6.23 Å². The van der Waals surface area contributed by atoms with E-state index < -0.39 is 6.23 Å². The molecule has 5 N–H and O–H groups in total. The Morgan fingerprint density at radius 1 is 1.26 bits per heavy atom. The van der Waals surface area contributed by atoms with Crippen molar-refractivity contribution in [1.82, 2.24) is 21.3 Å². The van der Waals surface area contributed by atoms with Gasteiger partial charge in [0.25, 0.3) is 5.91 Å². The van der Waals surface area contributed by atoms with Gasteiger partial charge in [0.15, 0.2) is 0 Å². The van der Waals surface area contributed by atoms with Crippen molar-refractivity contribution in [3.05, 3.63) is 93.8 Å². The molecule has 7 heteroatoms. The molecule has 0 saturated carbocycles. The van der Waals surface area contributed by atoms with E-state index in [1.165, 1.54) is 5.56 Å². The molecule has 0 bridgehead atoms. The molecule has 0 radical (unpaired) electrons. The fraction of sp³-hybridized carbons (Fsp3) is 0.370. The fourth-order valence-electron chi connectivity index (χ4n) is 4.52. The zero-order chi connectivity index (χ0) is 23.9. The van der Waals surface area contributed by atoms with Crippen LogP contribution in [0.3, 0.4) is 0 Å². The minimum absolute atomic E-state index is 0.0941. The highest BCUT2D eigenvalue weighted by molar-refractivity contribution is 6.33. The molecular weight excluding hydrogens is 448 g/mol. The monoisotopic (exact) mass is 480 g/mol. The van der Waals surface area contributed by atoms with Crippen LogP contribution in [0.25, 0.3) is 0 Å². The zero-order valence-corrected chi connectivity index (χ0v) is 20.2. The summed E-state index contributed by atoms with van der Waals surface area (Å²) in [6.45, 7) is 3.79. The number of benzene rings is 2. The van der Waals surface area contributed by atoms with Gasteiger partial charge in [-0.05, 0) is 78.9 Å². The first-order valence-electron chi connectivity index (χ1n) is 12.0. The van der Waals surface area contributed by atoms with Crippen molar-refractivity contribution < 1.29 is 9.90 Å². The second-order valence-corrected chi connectivity index (χ2v) is 9.20.